The number of esters is 1. The van der Waals surface area contributed by atoms with Crippen molar-refractivity contribution in [3.63, 3.8) is 0 Å². The molecule has 1 aliphatic carbocycles. The number of carbonyl (C=O) groups excluding carboxylic acids is 2. The second-order valence-electron chi connectivity index (χ2n) is 7.83. The van der Waals surface area contributed by atoms with E-state index in [4.69, 9.17) is 9.47 Å². The van der Waals surface area contributed by atoms with Gasteiger partial charge in [0.2, 0.25) is 5.12 Å². The van der Waals surface area contributed by atoms with E-state index >= 15 is 0 Å². The molecule has 2 aliphatic rings. The Hall–Kier alpha value is -2.38. The number of carbonyl (C=O) groups is 2. The van der Waals surface area contributed by atoms with Gasteiger partial charge >= 0.3 is 5.97 Å². The molecule has 32 heavy (non-hydrogen) atoms. The lowest BCUT2D eigenvalue weighted by atomic mass is 9.94. The number of unbranched alkanes of at least 4 members (excludes halogenated alkanes) is 1. The fraction of sp³-hybridized carbons (Fsp3) is 0.440. The Kier molecular flexibility index (Phi) is 9.11. The highest BCUT2D eigenvalue weighted by molar-refractivity contribution is 8.15. The van der Waals surface area contributed by atoms with Gasteiger partial charge in [0, 0.05) is 16.7 Å². The van der Waals surface area contributed by atoms with Gasteiger partial charge in [-0.3, -0.25) is 4.79 Å². The van der Waals surface area contributed by atoms with Crippen LogP contribution in [0.25, 0.3) is 5.57 Å². The summed E-state index contributed by atoms with van der Waals surface area (Å²) in [5, 5.41) is 10.2. The predicted octanol–water partition coefficient (Wildman–Crippen LogP) is 4.62. The maximum absolute atomic E-state index is 13.1. The van der Waals surface area contributed by atoms with Crippen molar-refractivity contribution in [1.29, 1.82) is 0 Å². The van der Waals surface area contributed by atoms with Crippen LogP contribution in [0.15, 0.2) is 60.4 Å². The first-order valence-corrected chi connectivity index (χ1v) is 11.9. The minimum atomic E-state index is -1.57. The number of hydrogen-bond acceptors (Lipinski definition) is 6. The van der Waals surface area contributed by atoms with Crippen molar-refractivity contribution >= 4 is 28.4 Å². The number of aliphatic hydroxyl groups excluding tert-OH is 1. The summed E-state index contributed by atoms with van der Waals surface area (Å²) in [6, 6.07) is 9.66. The van der Waals surface area contributed by atoms with Crippen molar-refractivity contribution < 1.29 is 28.6 Å². The van der Waals surface area contributed by atoms with E-state index in [9.17, 15) is 19.1 Å². The largest absolute Gasteiger partial charge is 0.491 e. The molecule has 5 nitrogen and oxygen atoms in total. The van der Waals surface area contributed by atoms with Gasteiger partial charge in [-0.25, -0.2) is 9.18 Å². The van der Waals surface area contributed by atoms with Gasteiger partial charge in [0.15, 0.2) is 6.17 Å². The van der Waals surface area contributed by atoms with Crippen LogP contribution in [0.4, 0.5) is 4.39 Å². The second-order valence-corrected chi connectivity index (χ2v) is 8.98. The van der Waals surface area contributed by atoms with Gasteiger partial charge in [0.1, 0.15) is 12.4 Å². The standard InChI is InChI=1S/C25H29FO5S/c1-2-22(26)24(28)30-13-7-6-10-19(27)16-31-20-12-11-18-14-21(17-8-4-3-5-9-17)25(29)32-23(18)15-20/h3-5,8-9,11-12,14-15,18-19,22-23,27H,2,6-7,10,13,16H2,1H3. The summed E-state index contributed by atoms with van der Waals surface area (Å²) in [6.45, 7) is 1.87. The van der Waals surface area contributed by atoms with Crippen LogP contribution in [0, 0.1) is 5.92 Å². The Labute approximate surface area is 192 Å². The minimum absolute atomic E-state index is 0.0239. The van der Waals surface area contributed by atoms with Gasteiger partial charge in [-0.2, -0.15) is 0 Å². The molecule has 0 radical (unpaired) electrons. The SMILES string of the molecule is CCC(F)C(=O)OCCCCC(O)COC1=CC2SC(=O)C(c3ccccc3)=CC2C=C1. The van der Waals surface area contributed by atoms with Crippen molar-refractivity contribution in [2.24, 2.45) is 5.92 Å². The highest BCUT2D eigenvalue weighted by Crippen LogP contribution is 2.39. The number of alkyl halides is 1. The van der Waals surface area contributed by atoms with Crippen LogP contribution in [0.3, 0.4) is 0 Å². The lowest BCUT2D eigenvalue weighted by Gasteiger charge is -2.28. The first-order chi connectivity index (χ1) is 15.5. The van der Waals surface area contributed by atoms with Crippen LogP contribution in [-0.2, 0) is 19.1 Å². The monoisotopic (exact) mass is 460 g/mol. The Morgan fingerprint density at radius 3 is 2.75 bits per heavy atom. The van der Waals surface area contributed by atoms with Gasteiger partial charge in [0.05, 0.1) is 12.7 Å². The van der Waals surface area contributed by atoms with E-state index in [0.717, 1.165) is 11.1 Å². The Morgan fingerprint density at radius 2 is 2.00 bits per heavy atom. The summed E-state index contributed by atoms with van der Waals surface area (Å²) in [6.07, 6.45) is 7.41. The van der Waals surface area contributed by atoms with Crippen LogP contribution >= 0.6 is 11.8 Å². The maximum Gasteiger partial charge on any atom is 0.340 e. The molecule has 1 N–H and O–H groups in total. The average Bonchev–Trinajstić information content (AvgIpc) is 2.81. The number of allylic oxidation sites excluding steroid dienone is 3. The molecule has 4 unspecified atom stereocenters. The summed E-state index contributed by atoms with van der Waals surface area (Å²) >= 11 is 1.29. The normalized spacial score (nSPS) is 21.8. The summed E-state index contributed by atoms with van der Waals surface area (Å²) in [4.78, 5) is 23.9. The first kappa shape index (κ1) is 24.3. The summed E-state index contributed by atoms with van der Waals surface area (Å²) in [7, 11) is 0. The van der Waals surface area contributed by atoms with Crippen molar-refractivity contribution in [3.8, 4) is 0 Å². The molecule has 0 spiro atoms. The van der Waals surface area contributed by atoms with Crippen molar-refractivity contribution in [2.45, 2.75) is 50.1 Å². The highest BCUT2D eigenvalue weighted by Gasteiger charge is 2.31. The summed E-state index contributed by atoms with van der Waals surface area (Å²) < 4.78 is 23.7. The molecule has 1 aliphatic heterocycles. The molecule has 1 aromatic rings. The van der Waals surface area contributed by atoms with E-state index in [0.29, 0.717) is 25.0 Å². The lowest BCUT2D eigenvalue weighted by molar-refractivity contribution is -0.149. The van der Waals surface area contributed by atoms with E-state index in [2.05, 4.69) is 0 Å². The van der Waals surface area contributed by atoms with Gasteiger partial charge < -0.3 is 14.6 Å². The lowest BCUT2D eigenvalue weighted by Crippen LogP contribution is -2.23. The number of hydrogen-bond donors (Lipinski definition) is 1. The Bertz CT molecular complexity index is 880. The molecular formula is C25H29FO5S. The number of thioether (sulfide) groups is 1. The Balaban J connectivity index is 1.40. The third kappa shape index (κ3) is 6.81. The zero-order chi connectivity index (χ0) is 22.9. The molecule has 0 amide bonds. The third-order valence-electron chi connectivity index (χ3n) is 5.33. The van der Waals surface area contributed by atoms with Gasteiger partial charge in [-0.15, -0.1) is 0 Å². The fourth-order valence-corrected chi connectivity index (χ4v) is 4.56. The van der Waals surface area contributed by atoms with E-state index < -0.39 is 18.2 Å². The Morgan fingerprint density at radius 1 is 1.22 bits per heavy atom. The molecule has 1 heterocycles. The summed E-state index contributed by atoms with van der Waals surface area (Å²) in [5.74, 6) is -0.0651. The zero-order valence-corrected chi connectivity index (χ0v) is 18.9. The smallest absolute Gasteiger partial charge is 0.340 e. The minimum Gasteiger partial charge on any atom is -0.491 e. The number of benzene rings is 1. The highest BCUT2D eigenvalue weighted by atomic mass is 32.2. The van der Waals surface area contributed by atoms with Crippen molar-refractivity contribution in [3.05, 3.63) is 66.0 Å². The number of rotatable bonds is 11. The molecule has 0 saturated heterocycles. The molecule has 0 aromatic heterocycles. The van der Waals surface area contributed by atoms with E-state index in [1.807, 2.05) is 54.6 Å². The van der Waals surface area contributed by atoms with E-state index in [1.54, 1.807) is 6.92 Å². The molecule has 0 fully saturated rings. The number of ether oxygens (including phenoxy) is 2. The molecule has 7 heteroatoms. The third-order valence-corrected chi connectivity index (χ3v) is 6.49. The van der Waals surface area contributed by atoms with Crippen LogP contribution < -0.4 is 0 Å². The second kappa shape index (κ2) is 12.0. The predicted molar refractivity (Wildman–Crippen MR) is 123 cm³/mol. The average molecular weight is 461 g/mol. The number of fused-ring (bicyclic) bond motifs is 1. The van der Waals surface area contributed by atoms with Crippen molar-refractivity contribution in [1.82, 2.24) is 0 Å². The molecule has 0 saturated carbocycles. The topological polar surface area (TPSA) is 72.8 Å². The first-order valence-electron chi connectivity index (χ1n) is 11.0. The van der Waals surface area contributed by atoms with Crippen LogP contribution in [0.2, 0.25) is 0 Å². The van der Waals surface area contributed by atoms with Crippen LogP contribution in [0.1, 0.15) is 38.2 Å². The molecule has 4 atom stereocenters. The molecule has 0 bridgehead atoms. The van der Waals surface area contributed by atoms with Gasteiger partial charge in [-0.05, 0) is 43.4 Å². The number of halogens is 1. The summed E-state index contributed by atoms with van der Waals surface area (Å²) in [5.41, 5.74) is 1.66. The van der Waals surface area contributed by atoms with Crippen LogP contribution in [-0.4, -0.2) is 46.9 Å². The van der Waals surface area contributed by atoms with Crippen LogP contribution in [0.5, 0.6) is 0 Å². The fourth-order valence-electron chi connectivity index (χ4n) is 3.47. The van der Waals surface area contributed by atoms with Crippen molar-refractivity contribution in [2.75, 3.05) is 13.2 Å². The van der Waals surface area contributed by atoms with E-state index in [1.165, 1.54) is 11.8 Å². The van der Waals surface area contributed by atoms with Gasteiger partial charge in [-0.1, -0.05) is 61.2 Å². The maximum atomic E-state index is 13.1. The molecule has 1 aromatic carbocycles. The number of aliphatic hydroxyl groups is 1. The molecule has 3 rings (SSSR count). The molecular weight excluding hydrogens is 431 g/mol. The zero-order valence-electron chi connectivity index (χ0n) is 18.1. The van der Waals surface area contributed by atoms with Gasteiger partial charge in [0.25, 0.3) is 0 Å². The molecule has 172 valence electrons. The van der Waals surface area contributed by atoms with E-state index in [-0.39, 0.29) is 35.9 Å². The quantitative estimate of drug-likeness (QED) is 0.384.